The average Bonchev–Trinajstić information content (AvgIpc) is 3.08. The summed E-state index contributed by atoms with van der Waals surface area (Å²) in [6, 6.07) is 0. The molecule has 0 saturated heterocycles. The predicted molar refractivity (Wildman–Crippen MR) is 71.5 cm³/mol. The summed E-state index contributed by atoms with van der Waals surface area (Å²) in [4.78, 5) is 12.0. The van der Waals surface area contributed by atoms with Gasteiger partial charge in [-0.25, -0.2) is 0 Å². The van der Waals surface area contributed by atoms with Crippen LogP contribution in [0.5, 0.6) is 0 Å². The Morgan fingerprint density at radius 3 is 2.84 bits per heavy atom. The van der Waals surface area contributed by atoms with Gasteiger partial charge < -0.3 is 9.84 Å². The Labute approximate surface area is 113 Å². The summed E-state index contributed by atoms with van der Waals surface area (Å²) in [5, 5.41) is 6.93. The number of hydrogen-bond donors (Lipinski definition) is 1. The highest BCUT2D eigenvalue weighted by atomic mass is 16.5. The van der Waals surface area contributed by atoms with Gasteiger partial charge in [0.05, 0.1) is 12.1 Å². The normalized spacial score (nSPS) is 28.0. The lowest BCUT2D eigenvalue weighted by atomic mass is 9.93. The molecule has 3 rings (SSSR count). The first-order chi connectivity index (χ1) is 9.13. The van der Waals surface area contributed by atoms with Crippen molar-refractivity contribution in [3.63, 3.8) is 0 Å². The van der Waals surface area contributed by atoms with Crippen LogP contribution in [-0.4, -0.2) is 17.6 Å². The van der Waals surface area contributed by atoms with Crippen LogP contribution in [0, 0.1) is 31.6 Å². The van der Waals surface area contributed by atoms with Crippen LogP contribution in [0.25, 0.3) is 0 Å². The minimum Gasteiger partial charge on any atom is -0.361 e. The fourth-order valence-corrected chi connectivity index (χ4v) is 3.35. The van der Waals surface area contributed by atoms with Gasteiger partial charge in [-0.15, -0.1) is 0 Å². The predicted octanol–water partition coefficient (Wildman–Crippen LogP) is 2.16. The van der Waals surface area contributed by atoms with Crippen LogP contribution in [-0.2, 0) is 11.2 Å². The molecule has 3 unspecified atom stereocenters. The quantitative estimate of drug-likeness (QED) is 0.844. The van der Waals surface area contributed by atoms with Crippen molar-refractivity contribution >= 4 is 5.91 Å². The molecule has 1 heterocycles. The number of rotatable bonds is 4. The Hall–Kier alpha value is -1.58. The molecule has 4 heteroatoms. The lowest BCUT2D eigenvalue weighted by molar-refractivity contribution is -0.120. The van der Waals surface area contributed by atoms with E-state index in [0.717, 1.165) is 29.5 Å². The van der Waals surface area contributed by atoms with Gasteiger partial charge in [0.2, 0.25) is 5.91 Å². The number of aromatic nitrogens is 1. The summed E-state index contributed by atoms with van der Waals surface area (Å²) in [6.45, 7) is 4.52. The molecule has 1 saturated carbocycles. The summed E-state index contributed by atoms with van der Waals surface area (Å²) in [5.74, 6) is 2.89. The number of amides is 1. The molecule has 2 bridgehead atoms. The number of nitrogens with zero attached hydrogens (tertiary/aromatic N) is 1. The van der Waals surface area contributed by atoms with Crippen molar-refractivity contribution in [3.05, 3.63) is 29.2 Å². The number of aryl methyl sites for hydroxylation is 2. The van der Waals surface area contributed by atoms with E-state index in [-0.39, 0.29) is 5.91 Å². The molecule has 0 aliphatic heterocycles. The molecule has 1 fully saturated rings. The molecule has 102 valence electrons. The van der Waals surface area contributed by atoms with Crippen molar-refractivity contribution in [2.45, 2.75) is 33.1 Å². The van der Waals surface area contributed by atoms with Crippen LogP contribution in [0.2, 0.25) is 0 Å². The van der Waals surface area contributed by atoms with E-state index in [1.165, 1.54) is 12.8 Å². The zero-order valence-corrected chi connectivity index (χ0v) is 11.5. The largest absolute Gasteiger partial charge is 0.361 e. The van der Waals surface area contributed by atoms with Crippen molar-refractivity contribution < 1.29 is 9.32 Å². The van der Waals surface area contributed by atoms with Gasteiger partial charge >= 0.3 is 0 Å². The first-order valence-corrected chi connectivity index (χ1v) is 7.00. The Balaban J connectivity index is 1.51. The maximum atomic E-state index is 12.0. The third kappa shape index (κ3) is 2.44. The number of carbonyl (C=O) groups excluding carboxylic acids is 1. The van der Waals surface area contributed by atoms with Crippen LogP contribution in [0.3, 0.4) is 0 Å². The maximum absolute atomic E-state index is 12.0. The SMILES string of the molecule is Cc1noc(C)c1CC(=O)NCC1CC2C=CC1C2. The Kier molecular flexibility index (Phi) is 3.17. The van der Waals surface area contributed by atoms with Crippen LogP contribution in [0.4, 0.5) is 0 Å². The van der Waals surface area contributed by atoms with Gasteiger partial charge in [0.25, 0.3) is 0 Å². The molecule has 1 amide bonds. The van der Waals surface area contributed by atoms with Crippen molar-refractivity contribution in [1.29, 1.82) is 0 Å². The van der Waals surface area contributed by atoms with Gasteiger partial charge in [-0.2, -0.15) is 0 Å². The van der Waals surface area contributed by atoms with Crippen molar-refractivity contribution in [2.24, 2.45) is 17.8 Å². The summed E-state index contributed by atoms with van der Waals surface area (Å²) in [5.41, 5.74) is 1.74. The van der Waals surface area contributed by atoms with E-state index in [0.29, 0.717) is 18.3 Å². The van der Waals surface area contributed by atoms with E-state index in [9.17, 15) is 4.79 Å². The molecule has 1 aromatic rings. The monoisotopic (exact) mass is 260 g/mol. The topological polar surface area (TPSA) is 55.1 Å². The summed E-state index contributed by atoms with van der Waals surface area (Å²) in [7, 11) is 0. The number of allylic oxidation sites excluding steroid dienone is 2. The Morgan fingerprint density at radius 1 is 1.42 bits per heavy atom. The molecule has 0 radical (unpaired) electrons. The van der Waals surface area contributed by atoms with Gasteiger partial charge in [0.15, 0.2) is 0 Å². The standard InChI is InChI=1S/C15H20N2O2/c1-9-14(10(2)19-17-9)7-15(18)16-8-13-6-11-3-4-12(13)5-11/h3-4,11-13H,5-8H2,1-2H3,(H,16,18). The van der Waals surface area contributed by atoms with E-state index < -0.39 is 0 Å². The van der Waals surface area contributed by atoms with Crippen LogP contribution < -0.4 is 5.32 Å². The number of nitrogens with one attached hydrogen (secondary N) is 1. The second-order valence-electron chi connectivity index (χ2n) is 5.82. The summed E-state index contributed by atoms with van der Waals surface area (Å²) < 4.78 is 5.08. The highest BCUT2D eigenvalue weighted by Gasteiger charge is 2.35. The second kappa shape index (κ2) is 4.83. The Morgan fingerprint density at radius 2 is 2.26 bits per heavy atom. The van der Waals surface area contributed by atoms with Gasteiger partial charge in [0.1, 0.15) is 5.76 Å². The van der Waals surface area contributed by atoms with Crippen LogP contribution in [0.1, 0.15) is 29.9 Å². The highest BCUT2D eigenvalue weighted by Crippen LogP contribution is 2.42. The molecular weight excluding hydrogens is 240 g/mol. The fourth-order valence-electron chi connectivity index (χ4n) is 3.35. The van der Waals surface area contributed by atoms with E-state index in [1.54, 1.807) is 0 Å². The third-order valence-electron chi connectivity index (χ3n) is 4.50. The minimum absolute atomic E-state index is 0.0705. The first-order valence-electron chi connectivity index (χ1n) is 7.00. The Bertz CT molecular complexity index is 499. The zero-order chi connectivity index (χ0) is 13.4. The molecule has 3 atom stereocenters. The van der Waals surface area contributed by atoms with Crippen LogP contribution >= 0.6 is 0 Å². The number of carbonyl (C=O) groups is 1. The first kappa shape index (κ1) is 12.5. The molecule has 2 aliphatic carbocycles. The number of hydrogen-bond acceptors (Lipinski definition) is 3. The molecule has 19 heavy (non-hydrogen) atoms. The molecular formula is C15H20N2O2. The summed E-state index contributed by atoms with van der Waals surface area (Å²) in [6.07, 6.45) is 7.53. The van der Waals surface area contributed by atoms with Crippen molar-refractivity contribution in [2.75, 3.05) is 6.54 Å². The van der Waals surface area contributed by atoms with E-state index in [2.05, 4.69) is 22.6 Å². The maximum Gasteiger partial charge on any atom is 0.224 e. The zero-order valence-electron chi connectivity index (χ0n) is 11.5. The van der Waals surface area contributed by atoms with Gasteiger partial charge in [-0.3, -0.25) is 4.79 Å². The molecule has 1 N–H and O–H groups in total. The molecule has 2 aliphatic rings. The van der Waals surface area contributed by atoms with E-state index in [4.69, 9.17) is 4.52 Å². The average molecular weight is 260 g/mol. The van der Waals surface area contributed by atoms with Gasteiger partial charge in [0, 0.05) is 12.1 Å². The lowest BCUT2D eigenvalue weighted by Crippen LogP contribution is -2.32. The smallest absolute Gasteiger partial charge is 0.224 e. The molecule has 0 aromatic carbocycles. The fraction of sp³-hybridized carbons (Fsp3) is 0.600. The minimum atomic E-state index is 0.0705. The number of fused-ring (bicyclic) bond motifs is 2. The second-order valence-corrected chi connectivity index (χ2v) is 5.82. The third-order valence-corrected chi connectivity index (χ3v) is 4.50. The lowest BCUT2D eigenvalue weighted by Gasteiger charge is -2.18. The molecule has 1 aromatic heterocycles. The van der Waals surface area contributed by atoms with Crippen LogP contribution in [0.15, 0.2) is 16.7 Å². The molecule has 4 nitrogen and oxygen atoms in total. The van der Waals surface area contributed by atoms with E-state index >= 15 is 0 Å². The van der Waals surface area contributed by atoms with Crippen molar-refractivity contribution in [3.8, 4) is 0 Å². The van der Waals surface area contributed by atoms with Gasteiger partial charge in [-0.1, -0.05) is 17.3 Å². The van der Waals surface area contributed by atoms with Gasteiger partial charge in [-0.05, 0) is 44.4 Å². The van der Waals surface area contributed by atoms with E-state index in [1.807, 2.05) is 13.8 Å². The highest BCUT2D eigenvalue weighted by molar-refractivity contribution is 5.79. The summed E-state index contributed by atoms with van der Waals surface area (Å²) >= 11 is 0. The molecule has 0 spiro atoms. The van der Waals surface area contributed by atoms with Crippen molar-refractivity contribution in [1.82, 2.24) is 10.5 Å².